The first-order valence-corrected chi connectivity index (χ1v) is 14.0. The average Bonchev–Trinajstić information content (AvgIpc) is 3.70. The third-order valence-electron chi connectivity index (χ3n) is 6.38. The lowest BCUT2D eigenvalue weighted by molar-refractivity contribution is -0.127. The van der Waals surface area contributed by atoms with Gasteiger partial charge in [-0.3, -0.25) is 14.5 Å². The summed E-state index contributed by atoms with van der Waals surface area (Å²) in [6.45, 7) is 0.714. The summed E-state index contributed by atoms with van der Waals surface area (Å²) < 4.78 is 42.2. The Morgan fingerprint density at radius 3 is 2.47 bits per heavy atom. The number of carbonyl (C=O) groups excluding carboxylic acids is 2. The molecule has 11 heteroatoms. The van der Waals surface area contributed by atoms with Crippen LogP contribution in [0.15, 0.2) is 48.5 Å². The topological polar surface area (TPSA) is 98.6 Å². The quantitative estimate of drug-likeness (QED) is 0.454. The molecule has 1 unspecified atom stereocenters. The van der Waals surface area contributed by atoms with E-state index in [4.69, 9.17) is 11.6 Å². The normalized spacial score (nSPS) is 17.4. The minimum Gasteiger partial charge on any atom is -0.351 e. The number of halogens is 2. The number of hydrogen-bond donors (Lipinski definition) is 2. The van der Waals surface area contributed by atoms with Crippen LogP contribution in [-0.2, 0) is 19.8 Å². The SMILES string of the molecule is O=C(NC1CCCCC1)C(c1ccccc1Cl)N(C(=O)CCNS(=O)(=O)N1CC1)c1cccc(F)c1. The maximum atomic E-state index is 14.3. The van der Waals surface area contributed by atoms with Gasteiger partial charge in [-0.1, -0.05) is 55.1 Å². The van der Waals surface area contributed by atoms with E-state index in [1.165, 1.54) is 27.4 Å². The molecule has 2 amide bonds. The Morgan fingerprint density at radius 2 is 1.81 bits per heavy atom. The first-order chi connectivity index (χ1) is 17.3. The molecule has 0 bridgehead atoms. The second kappa shape index (κ2) is 11.7. The molecule has 0 radical (unpaired) electrons. The minimum absolute atomic E-state index is 0.0277. The van der Waals surface area contributed by atoms with E-state index in [0.29, 0.717) is 18.7 Å². The van der Waals surface area contributed by atoms with Crippen LogP contribution in [0.1, 0.15) is 50.1 Å². The molecule has 1 heterocycles. The molecule has 8 nitrogen and oxygen atoms in total. The number of amides is 2. The highest BCUT2D eigenvalue weighted by molar-refractivity contribution is 7.87. The Balaban J connectivity index is 1.66. The Labute approximate surface area is 216 Å². The Morgan fingerprint density at radius 1 is 1.08 bits per heavy atom. The second-order valence-corrected chi connectivity index (χ2v) is 11.2. The van der Waals surface area contributed by atoms with Gasteiger partial charge in [0.1, 0.15) is 11.9 Å². The molecule has 2 aromatic rings. The zero-order valence-electron chi connectivity index (χ0n) is 19.8. The van der Waals surface area contributed by atoms with Gasteiger partial charge in [0.2, 0.25) is 11.8 Å². The van der Waals surface area contributed by atoms with Crippen LogP contribution in [0, 0.1) is 5.82 Å². The van der Waals surface area contributed by atoms with Crippen LogP contribution in [0.25, 0.3) is 0 Å². The molecule has 1 aliphatic carbocycles. The Bertz CT molecular complexity index is 1200. The highest BCUT2D eigenvalue weighted by Gasteiger charge is 2.36. The number of rotatable bonds is 10. The number of anilines is 1. The van der Waals surface area contributed by atoms with Crippen LogP contribution in [0.5, 0.6) is 0 Å². The standard InChI is InChI=1S/C25H30ClFN4O4S/c26-22-12-5-4-11-21(22)24(25(33)29-19-8-2-1-3-9-19)31(20-10-6-7-18(27)17-20)23(32)13-14-28-36(34,35)30-15-16-30/h4-7,10-12,17,19,24,28H,1-3,8-9,13-16H2,(H,29,33). The molecule has 1 atom stereocenters. The van der Waals surface area contributed by atoms with Crippen LogP contribution < -0.4 is 14.9 Å². The van der Waals surface area contributed by atoms with Gasteiger partial charge in [0.25, 0.3) is 10.2 Å². The molecule has 194 valence electrons. The van der Waals surface area contributed by atoms with Crippen LogP contribution in [0.2, 0.25) is 5.02 Å². The lowest BCUT2D eigenvalue weighted by atomic mass is 9.94. The third-order valence-corrected chi connectivity index (χ3v) is 8.34. The second-order valence-electron chi connectivity index (χ2n) is 9.06. The van der Waals surface area contributed by atoms with Gasteiger partial charge in [-0.25, -0.2) is 9.11 Å². The molecule has 4 rings (SSSR count). The smallest absolute Gasteiger partial charge is 0.279 e. The van der Waals surface area contributed by atoms with Crippen molar-refractivity contribution in [2.75, 3.05) is 24.5 Å². The van der Waals surface area contributed by atoms with Crippen molar-refractivity contribution >= 4 is 39.3 Å². The van der Waals surface area contributed by atoms with Gasteiger partial charge >= 0.3 is 0 Å². The molecule has 1 saturated heterocycles. The summed E-state index contributed by atoms with van der Waals surface area (Å²) in [6, 6.07) is 11.0. The van der Waals surface area contributed by atoms with E-state index in [-0.39, 0.29) is 29.7 Å². The predicted molar refractivity (Wildman–Crippen MR) is 136 cm³/mol. The van der Waals surface area contributed by atoms with E-state index in [1.807, 2.05) is 0 Å². The highest BCUT2D eigenvalue weighted by Crippen LogP contribution is 2.33. The molecule has 2 aliphatic rings. The largest absolute Gasteiger partial charge is 0.351 e. The van der Waals surface area contributed by atoms with Crippen molar-refractivity contribution in [3.8, 4) is 0 Å². The van der Waals surface area contributed by atoms with Crippen LogP contribution in [0.3, 0.4) is 0 Å². The van der Waals surface area contributed by atoms with E-state index >= 15 is 0 Å². The first kappa shape index (κ1) is 26.5. The number of hydrogen-bond acceptors (Lipinski definition) is 4. The maximum Gasteiger partial charge on any atom is 0.279 e. The number of nitrogens with zero attached hydrogens (tertiary/aromatic N) is 2. The van der Waals surface area contributed by atoms with Gasteiger partial charge in [-0.15, -0.1) is 0 Å². The minimum atomic E-state index is -3.64. The predicted octanol–water partition coefficient (Wildman–Crippen LogP) is 3.54. The van der Waals surface area contributed by atoms with Crippen molar-refractivity contribution in [1.82, 2.24) is 14.3 Å². The van der Waals surface area contributed by atoms with E-state index < -0.39 is 33.9 Å². The number of nitrogens with one attached hydrogen (secondary N) is 2. The zero-order chi connectivity index (χ0) is 25.7. The van der Waals surface area contributed by atoms with E-state index in [1.54, 1.807) is 30.3 Å². The van der Waals surface area contributed by atoms with E-state index in [0.717, 1.165) is 32.1 Å². The molecule has 2 fully saturated rings. The lowest BCUT2D eigenvalue weighted by Gasteiger charge is -2.34. The molecular formula is C25H30ClFN4O4S. The van der Waals surface area contributed by atoms with E-state index in [2.05, 4.69) is 10.0 Å². The van der Waals surface area contributed by atoms with Gasteiger partial charge < -0.3 is 5.32 Å². The van der Waals surface area contributed by atoms with Crippen molar-refractivity contribution < 1.29 is 22.4 Å². The summed E-state index contributed by atoms with van der Waals surface area (Å²) in [6.07, 6.45) is 4.57. The summed E-state index contributed by atoms with van der Waals surface area (Å²) in [5, 5.41) is 3.35. The van der Waals surface area contributed by atoms with Crippen molar-refractivity contribution in [3.63, 3.8) is 0 Å². The van der Waals surface area contributed by atoms with Crippen molar-refractivity contribution in [2.45, 2.75) is 50.6 Å². The zero-order valence-corrected chi connectivity index (χ0v) is 21.4. The average molecular weight is 537 g/mol. The fourth-order valence-electron chi connectivity index (χ4n) is 4.46. The maximum absolute atomic E-state index is 14.3. The number of benzene rings is 2. The van der Waals surface area contributed by atoms with Crippen LogP contribution in [0.4, 0.5) is 10.1 Å². The van der Waals surface area contributed by atoms with Gasteiger partial charge in [0, 0.05) is 48.4 Å². The molecule has 2 aromatic carbocycles. The highest BCUT2D eigenvalue weighted by atomic mass is 35.5. The summed E-state index contributed by atoms with van der Waals surface area (Å²) in [7, 11) is -3.64. The molecule has 2 N–H and O–H groups in total. The van der Waals surface area contributed by atoms with Crippen molar-refractivity contribution in [2.24, 2.45) is 0 Å². The summed E-state index contributed by atoms with van der Waals surface area (Å²) in [4.78, 5) is 28.5. The number of carbonyl (C=O) groups is 2. The van der Waals surface area contributed by atoms with Gasteiger partial charge in [0.05, 0.1) is 0 Å². The van der Waals surface area contributed by atoms with Gasteiger partial charge in [-0.05, 0) is 37.1 Å². The lowest BCUT2D eigenvalue weighted by Crippen LogP contribution is -2.48. The van der Waals surface area contributed by atoms with Gasteiger partial charge in [-0.2, -0.15) is 12.7 Å². The fraction of sp³-hybridized carbons (Fsp3) is 0.440. The van der Waals surface area contributed by atoms with Crippen molar-refractivity contribution in [1.29, 1.82) is 0 Å². The van der Waals surface area contributed by atoms with E-state index in [9.17, 15) is 22.4 Å². The fourth-order valence-corrected chi connectivity index (χ4v) is 5.81. The summed E-state index contributed by atoms with van der Waals surface area (Å²) in [5.41, 5.74) is 0.576. The van der Waals surface area contributed by atoms with Crippen molar-refractivity contribution in [3.05, 3.63) is 64.9 Å². The molecule has 0 aromatic heterocycles. The third kappa shape index (κ3) is 6.61. The van der Waals surface area contributed by atoms with Crippen LogP contribution in [-0.4, -0.2) is 50.2 Å². The van der Waals surface area contributed by atoms with Crippen LogP contribution >= 0.6 is 11.6 Å². The summed E-state index contributed by atoms with van der Waals surface area (Å²) >= 11 is 6.49. The summed E-state index contributed by atoms with van der Waals surface area (Å²) in [5.74, 6) is -1.53. The molecule has 0 spiro atoms. The first-order valence-electron chi connectivity index (χ1n) is 12.1. The molecule has 1 aliphatic heterocycles. The monoisotopic (exact) mass is 536 g/mol. The molecule has 1 saturated carbocycles. The Hall–Kier alpha value is -2.53. The molecular weight excluding hydrogens is 507 g/mol. The Kier molecular flexibility index (Phi) is 8.61. The van der Waals surface area contributed by atoms with Gasteiger partial charge in [0.15, 0.2) is 0 Å². The molecule has 36 heavy (non-hydrogen) atoms.